The van der Waals surface area contributed by atoms with Gasteiger partial charge in [0.1, 0.15) is 0 Å². The summed E-state index contributed by atoms with van der Waals surface area (Å²) in [7, 11) is 1.31. The fourth-order valence-electron chi connectivity index (χ4n) is 1.55. The van der Waals surface area contributed by atoms with Crippen molar-refractivity contribution in [1.29, 1.82) is 0 Å². The summed E-state index contributed by atoms with van der Waals surface area (Å²) in [5, 5.41) is 2.51. The fourth-order valence-corrected chi connectivity index (χ4v) is 1.55. The van der Waals surface area contributed by atoms with Crippen LogP contribution in [0.4, 0.5) is 10.5 Å². The van der Waals surface area contributed by atoms with E-state index < -0.39 is 12.0 Å². The van der Waals surface area contributed by atoms with E-state index in [0.717, 1.165) is 5.56 Å². The second-order valence-corrected chi connectivity index (χ2v) is 3.94. The van der Waals surface area contributed by atoms with Gasteiger partial charge in [-0.2, -0.15) is 0 Å². The summed E-state index contributed by atoms with van der Waals surface area (Å²) in [4.78, 5) is 22.3. The van der Waals surface area contributed by atoms with Crippen molar-refractivity contribution in [2.75, 3.05) is 12.4 Å². The van der Waals surface area contributed by atoms with Crippen LogP contribution in [0, 0.1) is 0 Å². The van der Waals surface area contributed by atoms with E-state index in [1.54, 1.807) is 18.2 Å². The molecule has 92 valence electrons. The highest BCUT2D eigenvalue weighted by Crippen LogP contribution is 2.25. The van der Waals surface area contributed by atoms with E-state index in [9.17, 15) is 9.59 Å². The van der Waals surface area contributed by atoms with Crippen LogP contribution in [0.2, 0.25) is 0 Å². The number of urea groups is 1. The molecule has 17 heavy (non-hydrogen) atoms. The molecule has 0 atom stereocenters. The molecule has 0 aliphatic carbocycles. The molecule has 3 N–H and O–H groups in total. The van der Waals surface area contributed by atoms with Gasteiger partial charge in [-0.25, -0.2) is 9.59 Å². The minimum absolute atomic E-state index is 0.212. The summed E-state index contributed by atoms with van der Waals surface area (Å²) in [5.74, 6) is -0.239. The van der Waals surface area contributed by atoms with E-state index in [1.807, 2.05) is 13.8 Å². The lowest BCUT2D eigenvalue weighted by atomic mass is 9.99. The number of carbonyl (C=O) groups excluding carboxylic acids is 2. The van der Waals surface area contributed by atoms with Crippen molar-refractivity contribution in [3.63, 3.8) is 0 Å². The lowest BCUT2D eigenvalue weighted by molar-refractivity contribution is 0.0600. The Bertz CT molecular complexity index is 441. The summed E-state index contributed by atoms with van der Waals surface area (Å²) in [6.45, 7) is 3.97. The number of esters is 1. The normalized spacial score (nSPS) is 10.1. The lowest BCUT2D eigenvalue weighted by Crippen LogP contribution is -2.20. The minimum Gasteiger partial charge on any atom is -0.465 e. The Morgan fingerprint density at radius 1 is 1.35 bits per heavy atom. The molecule has 0 aromatic heterocycles. The number of nitrogens with one attached hydrogen (secondary N) is 1. The Hall–Kier alpha value is -2.04. The van der Waals surface area contributed by atoms with Gasteiger partial charge in [0.05, 0.1) is 12.7 Å². The third-order valence-electron chi connectivity index (χ3n) is 2.35. The number of methoxy groups -OCH3 is 1. The van der Waals surface area contributed by atoms with Gasteiger partial charge in [-0.1, -0.05) is 19.9 Å². The number of ether oxygens (including phenoxy) is 1. The molecule has 0 saturated heterocycles. The van der Waals surface area contributed by atoms with Gasteiger partial charge in [0, 0.05) is 5.69 Å². The molecular formula is C12H16N2O3. The number of amides is 2. The Balaban J connectivity index is 3.18. The summed E-state index contributed by atoms with van der Waals surface area (Å²) in [6.07, 6.45) is 0. The Morgan fingerprint density at radius 2 is 2.00 bits per heavy atom. The predicted octanol–water partition coefficient (Wildman–Crippen LogP) is 2.09. The zero-order chi connectivity index (χ0) is 13.0. The maximum Gasteiger partial charge on any atom is 0.337 e. The van der Waals surface area contributed by atoms with Crippen molar-refractivity contribution in [2.45, 2.75) is 19.8 Å². The first-order valence-corrected chi connectivity index (χ1v) is 5.24. The number of carbonyl (C=O) groups is 2. The second-order valence-electron chi connectivity index (χ2n) is 3.94. The van der Waals surface area contributed by atoms with Crippen molar-refractivity contribution in [2.24, 2.45) is 5.73 Å². The number of nitrogens with two attached hydrogens (primary N) is 1. The van der Waals surface area contributed by atoms with E-state index >= 15 is 0 Å². The number of benzene rings is 1. The van der Waals surface area contributed by atoms with Gasteiger partial charge in [0.25, 0.3) is 0 Å². The molecule has 0 radical (unpaired) electrons. The van der Waals surface area contributed by atoms with Gasteiger partial charge in [-0.05, 0) is 23.6 Å². The molecule has 1 aromatic carbocycles. The highest BCUT2D eigenvalue weighted by Gasteiger charge is 2.12. The average Bonchev–Trinajstić information content (AvgIpc) is 2.26. The van der Waals surface area contributed by atoms with Crippen molar-refractivity contribution in [1.82, 2.24) is 0 Å². The largest absolute Gasteiger partial charge is 0.465 e. The van der Waals surface area contributed by atoms with E-state index in [4.69, 9.17) is 5.73 Å². The van der Waals surface area contributed by atoms with Crippen LogP contribution in [0.15, 0.2) is 18.2 Å². The fraction of sp³-hybridized carbons (Fsp3) is 0.333. The molecule has 5 nitrogen and oxygen atoms in total. The van der Waals surface area contributed by atoms with Gasteiger partial charge in [-0.3, -0.25) is 0 Å². The Kier molecular flexibility index (Phi) is 4.09. The van der Waals surface area contributed by atoms with Crippen LogP contribution in [-0.4, -0.2) is 19.1 Å². The molecular weight excluding hydrogens is 220 g/mol. The summed E-state index contributed by atoms with van der Waals surface area (Å²) in [5.41, 5.74) is 6.91. The third kappa shape index (κ3) is 3.21. The lowest BCUT2D eigenvalue weighted by Gasteiger charge is -2.13. The highest BCUT2D eigenvalue weighted by molar-refractivity contribution is 5.94. The van der Waals surface area contributed by atoms with Crippen molar-refractivity contribution in [3.8, 4) is 0 Å². The monoisotopic (exact) mass is 236 g/mol. The third-order valence-corrected chi connectivity index (χ3v) is 2.35. The van der Waals surface area contributed by atoms with Crippen LogP contribution in [0.3, 0.4) is 0 Å². The maximum absolute atomic E-state index is 11.4. The van der Waals surface area contributed by atoms with Crippen LogP contribution in [0.5, 0.6) is 0 Å². The quantitative estimate of drug-likeness (QED) is 0.788. The molecule has 0 spiro atoms. The summed E-state index contributed by atoms with van der Waals surface area (Å²) in [6, 6.07) is 4.34. The summed E-state index contributed by atoms with van der Waals surface area (Å²) >= 11 is 0. The SMILES string of the molecule is COC(=O)c1ccc(C(C)C)c(NC(N)=O)c1. The van der Waals surface area contributed by atoms with Crippen LogP contribution < -0.4 is 11.1 Å². The number of hydrogen-bond donors (Lipinski definition) is 2. The smallest absolute Gasteiger partial charge is 0.337 e. The van der Waals surface area contributed by atoms with E-state index in [-0.39, 0.29) is 5.92 Å². The van der Waals surface area contributed by atoms with Gasteiger partial charge >= 0.3 is 12.0 Å². The first-order chi connectivity index (χ1) is 7.95. The minimum atomic E-state index is -0.658. The summed E-state index contributed by atoms with van der Waals surface area (Å²) < 4.78 is 4.61. The van der Waals surface area contributed by atoms with Crippen LogP contribution in [-0.2, 0) is 4.74 Å². The first-order valence-electron chi connectivity index (χ1n) is 5.24. The zero-order valence-electron chi connectivity index (χ0n) is 10.1. The average molecular weight is 236 g/mol. The zero-order valence-corrected chi connectivity index (χ0v) is 10.1. The molecule has 2 amide bonds. The standard InChI is InChI=1S/C12H16N2O3/c1-7(2)9-5-4-8(11(15)17-3)6-10(9)14-12(13)16/h4-7H,1-3H3,(H3,13,14,16). The maximum atomic E-state index is 11.4. The number of rotatable bonds is 3. The Labute approximate surface area is 99.9 Å². The Morgan fingerprint density at radius 3 is 2.47 bits per heavy atom. The van der Waals surface area contributed by atoms with Gasteiger partial charge < -0.3 is 15.8 Å². The van der Waals surface area contributed by atoms with Crippen LogP contribution in [0.25, 0.3) is 0 Å². The topological polar surface area (TPSA) is 81.4 Å². The molecule has 5 heteroatoms. The van der Waals surface area contributed by atoms with E-state index in [1.165, 1.54) is 7.11 Å². The molecule has 0 fully saturated rings. The van der Waals surface area contributed by atoms with Gasteiger partial charge in [0.2, 0.25) is 0 Å². The van der Waals surface area contributed by atoms with E-state index in [2.05, 4.69) is 10.1 Å². The van der Waals surface area contributed by atoms with E-state index in [0.29, 0.717) is 11.3 Å². The first kappa shape index (κ1) is 13.0. The van der Waals surface area contributed by atoms with Crippen LogP contribution in [0.1, 0.15) is 35.7 Å². The molecule has 0 bridgehead atoms. The molecule has 0 saturated carbocycles. The van der Waals surface area contributed by atoms with Crippen molar-refractivity contribution < 1.29 is 14.3 Å². The molecule has 1 rings (SSSR count). The molecule has 0 unspecified atom stereocenters. The number of primary amides is 1. The van der Waals surface area contributed by atoms with Gasteiger partial charge in [0.15, 0.2) is 0 Å². The molecule has 0 aliphatic rings. The number of anilines is 1. The predicted molar refractivity (Wildman–Crippen MR) is 65.1 cm³/mol. The molecule has 0 heterocycles. The van der Waals surface area contributed by atoms with Crippen LogP contribution >= 0.6 is 0 Å². The highest BCUT2D eigenvalue weighted by atomic mass is 16.5. The van der Waals surface area contributed by atoms with Crippen molar-refractivity contribution >= 4 is 17.7 Å². The number of hydrogen-bond acceptors (Lipinski definition) is 3. The molecule has 0 aliphatic heterocycles. The van der Waals surface area contributed by atoms with Crippen molar-refractivity contribution in [3.05, 3.63) is 29.3 Å². The van der Waals surface area contributed by atoms with Gasteiger partial charge in [-0.15, -0.1) is 0 Å². The second kappa shape index (κ2) is 5.34. The molecule has 1 aromatic rings.